The second-order valence-corrected chi connectivity index (χ2v) is 8.83. The second kappa shape index (κ2) is 9.08. The first-order chi connectivity index (χ1) is 15.6. The quantitative estimate of drug-likeness (QED) is 0.537. The summed E-state index contributed by atoms with van der Waals surface area (Å²) in [6, 6.07) is 10.4. The van der Waals surface area contributed by atoms with E-state index < -0.39 is 5.82 Å². The lowest BCUT2D eigenvalue weighted by atomic mass is 10.1. The Kier molecular flexibility index (Phi) is 6.02. The van der Waals surface area contributed by atoms with Gasteiger partial charge in [0.1, 0.15) is 17.5 Å². The molecule has 0 atom stereocenters. The monoisotopic (exact) mass is 472 g/mol. The van der Waals surface area contributed by atoms with Crippen LogP contribution in [0.5, 0.6) is 0 Å². The van der Waals surface area contributed by atoms with E-state index >= 15 is 0 Å². The van der Waals surface area contributed by atoms with Gasteiger partial charge in [-0.1, -0.05) is 23.2 Å². The van der Waals surface area contributed by atoms with Crippen LogP contribution in [0, 0.1) is 5.82 Å². The lowest BCUT2D eigenvalue weighted by Gasteiger charge is -2.36. The fourth-order valence-corrected chi connectivity index (χ4v) is 4.62. The summed E-state index contributed by atoms with van der Waals surface area (Å²) in [4.78, 5) is 20.8. The summed E-state index contributed by atoms with van der Waals surface area (Å²) in [5, 5.41) is 0.751. The summed E-state index contributed by atoms with van der Waals surface area (Å²) in [7, 11) is 0. The summed E-state index contributed by atoms with van der Waals surface area (Å²) in [5.74, 6) is 1.96. The van der Waals surface area contributed by atoms with Crippen molar-refractivity contribution in [2.24, 2.45) is 0 Å². The van der Waals surface area contributed by atoms with Crippen molar-refractivity contribution in [3.63, 3.8) is 0 Å². The maximum Gasteiger partial charge on any atom is 0.227 e. The number of aromatic nitrogens is 3. The molecule has 2 saturated heterocycles. The van der Waals surface area contributed by atoms with Crippen LogP contribution in [0.1, 0.15) is 12.8 Å². The fraction of sp³-hybridized carbons (Fsp3) is 0.348. The molecule has 2 aliphatic heterocycles. The highest BCUT2D eigenvalue weighted by Crippen LogP contribution is 2.30. The van der Waals surface area contributed by atoms with Gasteiger partial charge in [0.25, 0.3) is 0 Å². The number of hydrogen-bond donors (Lipinski definition) is 0. The summed E-state index contributed by atoms with van der Waals surface area (Å²) in [6.07, 6.45) is 4.03. The highest BCUT2D eigenvalue weighted by molar-refractivity contribution is 6.33. The van der Waals surface area contributed by atoms with Gasteiger partial charge >= 0.3 is 0 Å². The van der Waals surface area contributed by atoms with Crippen LogP contribution in [-0.2, 0) is 0 Å². The van der Waals surface area contributed by atoms with Gasteiger partial charge in [-0.3, -0.25) is 0 Å². The Hall–Kier alpha value is -2.64. The highest BCUT2D eigenvalue weighted by Gasteiger charge is 2.24. The van der Waals surface area contributed by atoms with E-state index in [4.69, 9.17) is 33.2 Å². The second-order valence-electron chi connectivity index (χ2n) is 8.02. The van der Waals surface area contributed by atoms with E-state index in [1.54, 1.807) is 18.3 Å². The number of pyridine rings is 1. The molecule has 3 aromatic rings. The molecule has 0 N–H and O–H groups in total. The van der Waals surface area contributed by atoms with Crippen molar-refractivity contribution in [2.45, 2.75) is 12.8 Å². The molecule has 2 aromatic heterocycles. The Morgan fingerprint density at radius 2 is 1.53 bits per heavy atom. The van der Waals surface area contributed by atoms with Crippen LogP contribution in [0.3, 0.4) is 0 Å². The van der Waals surface area contributed by atoms with E-state index in [1.165, 1.54) is 6.07 Å². The van der Waals surface area contributed by atoms with Gasteiger partial charge in [0.15, 0.2) is 0 Å². The normalized spacial score (nSPS) is 16.7. The first-order valence-electron chi connectivity index (χ1n) is 10.8. The van der Waals surface area contributed by atoms with Crippen LogP contribution in [0.2, 0.25) is 10.0 Å². The first kappa shape index (κ1) is 21.2. The Bertz CT molecular complexity index is 1110. The van der Waals surface area contributed by atoms with Gasteiger partial charge < -0.3 is 14.7 Å². The molecular formula is C23H23Cl2FN6. The number of anilines is 3. The van der Waals surface area contributed by atoms with Gasteiger partial charge in [0, 0.05) is 57.1 Å². The number of nitrogens with zero attached hydrogens (tertiary/aromatic N) is 6. The molecule has 0 radical (unpaired) electrons. The molecule has 4 heterocycles. The fourth-order valence-electron chi connectivity index (χ4n) is 4.20. The van der Waals surface area contributed by atoms with Gasteiger partial charge in [0.2, 0.25) is 5.95 Å². The molecule has 2 aliphatic rings. The van der Waals surface area contributed by atoms with Crippen molar-refractivity contribution in [3.05, 3.63) is 58.5 Å². The number of piperazine rings is 1. The van der Waals surface area contributed by atoms with Gasteiger partial charge in [-0.15, -0.1) is 0 Å². The van der Waals surface area contributed by atoms with Crippen molar-refractivity contribution in [3.8, 4) is 11.3 Å². The maximum atomic E-state index is 13.7. The zero-order valence-corrected chi connectivity index (χ0v) is 19.0. The average Bonchev–Trinajstić information content (AvgIpc) is 3.36. The Morgan fingerprint density at radius 1 is 0.781 bits per heavy atom. The van der Waals surface area contributed by atoms with Crippen LogP contribution < -0.4 is 14.7 Å². The molecule has 32 heavy (non-hydrogen) atoms. The molecule has 0 unspecified atom stereocenters. The molecule has 166 valence electrons. The van der Waals surface area contributed by atoms with E-state index in [1.807, 2.05) is 18.2 Å². The van der Waals surface area contributed by atoms with Crippen molar-refractivity contribution in [1.29, 1.82) is 0 Å². The predicted octanol–water partition coefficient (Wildman–Crippen LogP) is 4.91. The maximum absolute atomic E-state index is 13.7. The van der Waals surface area contributed by atoms with Crippen molar-refractivity contribution >= 4 is 40.8 Å². The largest absolute Gasteiger partial charge is 0.353 e. The molecule has 0 bridgehead atoms. The zero-order valence-electron chi connectivity index (χ0n) is 17.5. The van der Waals surface area contributed by atoms with Crippen LogP contribution in [0.25, 0.3) is 11.3 Å². The lowest BCUT2D eigenvalue weighted by Crippen LogP contribution is -2.47. The standard InChI is InChI=1S/C23H23Cl2FN6/c24-17-4-3-7-27-22(17)31-12-10-30(11-13-31)21-15-20(16-5-6-19(26)18(25)14-16)28-23(29-21)32-8-1-2-9-32/h3-7,14-15H,1-2,8-13H2. The Morgan fingerprint density at radius 3 is 2.25 bits per heavy atom. The van der Waals surface area contributed by atoms with E-state index in [-0.39, 0.29) is 5.02 Å². The highest BCUT2D eigenvalue weighted by atomic mass is 35.5. The zero-order chi connectivity index (χ0) is 22.1. The topological polar surface area (TPSA) is 48.4 Å². The molecule has 1 aromatic carbocycles. The van der Waals surface area contributed by atoms with E-state index in [2.05, 4.69) is 19.7 Å². The van der Waals surface area contributed by atoms with Gasteiger partial charge in [-0.2, -0.15) is 4.98 Å². The molecule has 5 rings (SSSR count). The van der Waals surface area contributed by atoms with Crippen molar-refractivity contribution < 1.29 is 4.39 Å². The number of rotatable bonds is 4. The van der Waals surface area contributed by atoms with Crippen LogP contribution in [0.15, 0.2) is 42.6 Å². The van der Waals surface area contributed by atoms with Crippen LogP contribution >= 0.6 is 23.2 Å². The summed E-state index contributed by atoms with van der Waals surface area (Å²) >= 11 is 12.4. The summed E-state index contributed by atoms with van der Waals surface area (Å²) in [5.41, 5.74) is 1.52. The molecular weight excluding hydrogens is 450 g/mol. The molecule has 0 saturated carbocycles. The Labute approximate surface area is 196 Å². The predicted molar refractivity (Wildman–Crippen MR) is 128 cm³/mol. The number of halogens is 3. The van der Waals surface area contributed by atoms with Crippen molar-refractivity contribution in [2.75, 3.05) is 54.0 Å². The lowest BCUT2D eigenvalue weighted by molar-refractivity contribution is 0.628. The van der Waals surface area contributed by atoms with E-state index in [9.17, 15) is 4.39 Å². The molecule has 2 fully saturated rings. The summed E-state index contributed by atoms with van der Waals surface area (Å²) < 4.78 is 13.7. The van der Waals surface area contributed by atoms with Crippen LogP contribution in [-0.4, -0.2) is 54.2 Å². The van der Waals surface area contributed by atoms with Crippen LogP contribution in [0.4, 0.5) is 22.0 Å². The first-order valence-corrected chi connectivity index (χ1v) is 11.5. The average molecular weight is 473 g/mol. The van der Waals surface area contributed by atoms with Gasteiger partial charge in [-0.05, 0) is 43.2 Å². The molecule has 0 aliphatic carbocycles. The molecule has 6 nitrogen and oxygen atoms in total. The third-order valence-corrected chi connectivity index (χ3v) is 6.53. The van der Waals surface area contributed by atoms with E-state index in [0.717, 1.165) is 75.0 Å². The number of hydrogen-bond acceptors (Lipinski definition) is 6. The summed E-state index contributed by atoms with van der Waals surface area (Å²) in [6.45, 7) is 5.03. The van der Waals surface area contributed by atoms with Gasteiger partial charge in [-0.25, -0.2) is 14.4 Å². The van der Waals surface area contributed by atoms with Gasteiger partial charge in [0.05, 0.1) is 15.7 Å². The minimum Gasteiger partial charge on any atom is -0.353 e. The smallest absolute Gasteiger partial charge is 0.227 e. The molecule has 9 heteroatoms. The Balaban J connectivity index is 1.43. The number of benzene rings is 1. The third kappa shape index (κ3) is 4.32. The van der Waals surface area contributed by atoms with Crippen molar-refractivity contribution in [1.82, 2.24) is 15.0 Å². The third-order valence-electron chi connectivity index (χ3n) is 5.95. The molecule has 0 amide bonds. The minimum atomic E-state index is -0.436. The minimum absolute atomic E-state index is 0.0891. The SMILES string of the molecule is Fc1ccc(-c2cc(N3CCN(c4ncccc4Cl)CC3)nc(N3CCCC3)n2)cc1Cl. The molecule has 0 spiro atoms. The van der Waals surface area contributed by atoms with E-state index in [0.29, 0.717) is 11.0 Å².